The number of hydrogen-bond acceptors (Lipinski definition) is 7. The van der Waals surface area contributed by atoms with Crippen LogP contribution in [0, 0.1) is 26.3 Å². The van der Waals surface area contributed by atoms with Gasteiger partial charge in [0.05, 0.1) is 13.5 Å². The van der Waals surface area contributed by atoms with Crippen molar-refractivity contribution in [2.45, 2.75) is 58.7 Å². The zero-order valence-corrected chi connectivity index (χ0v) is 20.8. The number of primary amides is 1. The molecule has 0 fully saturated rings. The van der Waals surface area contributed by atoms with E-state index in [1.165, 1.54) is 0 Å². The van der Waals surface area contributed by atoms with E-state index in [0.29, 0.717) is 11.1 Å². The van der Waals surface area contributed by atoms with Gasteiger partial charge >= 0.3 is 12.1 Å². The van der Waals surface area contributed by atoms with Crippen molar-refractivity contribution in [3.63, 3.8) is 0 Å². The Morgan fingerprint density at radius 2 is 1.80 bits per heavy atom. The molecule has 4 N–H and O–H groups in total. The Kier molecular flexibility index (Phi) is 10.3. The summed E-state index contributed by atoms with van der Waals surface area (Å²) in [5.41, 5.74) is 6.19. The van der Waals surface area contributed by atoms with Gasteiger partial charge in [0, 0.05) is 6.04 Å². The number of carbonyl (C=O) groups excluding carboxylic acids is 5. The number of terminal acetylenes is 1. The predicted octanol–water partition coefficient (Wildman–Crippen LogP) is 0.822. The third-order valence-corrected chi connectivity index (χ3v) is 4.64. The van der Waals surface area contributed by atoms with Crippen molar-refractivity contribution in [2.24, 2.45) is 5.73 Å². The van der Waals surface area contributed by atoms with Crippen molar-refractivity contribution < 1.29 is 33.4 Å². The fourth-order valence-electron chi connectivity index (χ4n) is 3.06. The Labute approximate surface area is 204 Å². The third-order valence-electron chi connectivity index (χ3n) is 4.64. The normalized spacial score (nSPS) is 12.4. The van der Waals surface area contributed by atoms with Crippen LogP contribution in [0.1, 0.15) is 49.9 Å². The van der Waals surface area contributed by atoms with Crippen LogP contribution in [-0.4, -0.2) is 60.0 Å². The molecule has 190 valence electrons. The molecule has 0 aromatic heterocycles. The molecule has 1 aromatic carbocycles. The molecule has 2 atom stereocenters. The monoisotopic (exact) mass is 488 g/mol. The largest absolute Gasteiger partial charge is 0.468 e. The molecule has 0 spiro atoms. The van der Waals surface area contributed by atoms with Gasteiger partial charge in [-0.05, 0) is 45.7 Å². The molecule has 0 aliphatic rings. The van der Waals surface area contributed by atoms with Gasteiger partial charge in [-0.2, -0.15) is 0 Å². The number of methoxy groups -OCH3 is 1. The van der Waals surface area contributed by atoms with Crippen LogP contribution in [0.25, 0.3) is 0 Å². The fourth-order valence-corrected chi connectivity index (χ4v) is 3.06. The van der Waals surface area contributed by atoms with Gasteiger partial charge in [-0.25, -0.2) is 4.79 Å². The number of alkyl carbamates (subject to hydrolysis) is 1. The molecule has 4 amide bonds. The highest BCUT2D eigenvalue weighted by Crippen LogP contribution is 2.26. The Hall–Kier alpha value is -4.07. The van der Waals surface area contributed by atoms with Crippen LogP contribution in [0.4, 0.5) is 4.79 Å². The maximum atomic E-state index is 13.5. The number of benzene rings is 1. The van der Waals surface area contributed by atoms with Gasteiger partial charge in [0.25, 0.3) is 5.91 Å². The maximum absolute atomic E-state index is 13.5. The Morgan fingerprint density at radius 3 is 2.31 bits per heavy atom. The molecule has 11 nitrogen and oxygen atoms in total. The molecule has 0 bridgehead atoms. The summed E-state index contributed by atoms with van der Waals surface area (Å²) in [5, 5.41) is 4.69. The summed E-state index contributed by atoms with van der Waals surface area (Å²) in [6.07, 6.45) is 4.07. The molecule has 11 heteroatoms. The molecule has 2 unspecified atom stereocenters. The highest BCUT2D eigenvalue weighted by molar-refractivity contribution is 5.96. The quantitative estimate of drug-likeness (QED) is 0.264. The second-order valence-corrected chi connectivity index (χ2v) is 8.76. The molecule has 1 rings (SSSR count). The van der Waals surface area contributed by atoms with Crippen molar-refractivity contribution in [3.8, 4) is 12.5 Å². The first-order valence-corrected chi connectivity index (χ1v) is 10.7. The number of amides is 4. The molecule has 35 heavy (non-hydrogen) atoms. The Morgan fingerprint density at radius 1 is 1.17 bits per heavy atom. The minimum absolute atomic E-state index is 0.383. The van der Waals surface area contributed by atoms with Crippen LogP contribution in [0.3, 0.4) is 0 Å². The van der Waals surface area contributed by atoms with E-state index >= 15 is 0 Å². The van der Waals surface area contributed by atoms with Crippen LogP contribution in [0.15, 0.2) is 18.2 Å². The molecule has 0 saturated heterocycles. The van der Waals surface area contributed by atoms with E-state index in [1.54, 1.807) is 46.8 Å². The lowest BCUT2D eigenvalue weighted by Gasteiger charge is -2.30. The van der Waals surface area contributed by atoms with Crippen LogP contribution >= 0.6 is 0 Å². The van der Waals surface area contributed by atoms with Gasteiger partial charge in [0.2, 0.25) is 11.8 Å². The molecular weight excluding hydrogens is 456 g/mol. The van der Waals surface area contributed by atoms with Crippen LogP contribution in [0.2, 0.25) is 0 Å². The number of nitrogens with two attached hydrogens (primary N) is 1. The lowest BCUT2D eigenvalue weighted by molar-refractivity contribution is -0.143. The van der Waals surface area contributed by atoms with Crippen molar-refractivity contribution >= 4 is 29.8 Å². The molecular formula is C24H32N4O7. The summed E-state index contributed by atoms with van der Waals surface area (Å²) in [6, 6.07) is 4.47. The van der Waals surface area contributed by atoms with Crippen molar-refractivity contribution in [2.75, 3.05) is 13.7 Å². The number of aryl methyl sites for hydroxylation is 2. The number of rotatable bonds is 9. The first kappa shape index (κ1) is 29.0. The second-order valence-electron chi connectivity index (χ2n) is 8.76. The first-order chi connectivity index (χ1) is 16.2. The molecule has 0 radical (unpaired) electrons. The average molecular weight is 489 g/mol. The highest BCUT2D eigenvalue weighted by Gasteiger charge is 2.37. The van der Waals surface area contributed by atoms with Crippen molar-refractivity contribution in [3.05, 3.63) is 34.9 Å². The van der Waals surface area contributed by atoms with Gasteiger partial charge in [0.1, 0.15) is 24.2 Å². The lowest BCUT2D eigenvalue weighted by atomic mass is 9.96. The summed E-state index contributed by atoms with van der Waals surface area (Å²) in [6.45, 7) is 7.89. The van der Waals surface area contributed by atoms with Gasteiger partial charge < -0.3 is 25.8 Å². The summed E-state index contributed by atoms with van der Waals surface area (Å²) < 4.78 is 9.70. The van der Waals surface area contributed by atoms with Crippen LogP contribution < -0.4 is 16.4 Å². The van der Waals surface area contributed by atoms with Crippen LogP contribution in [0.5, 0.6) is 0 Å². The van der Waals surface area contributed by atoms with E-state index in [9.17, 15) is 24.0 Å². The van der Waals surface area contributed by atoms with E-state index in [4.69, 9.17) is 16.9 Å². The first-order valence-electron chi connectivity index (χ1n) is 10.7. The molecule has 0 aliphatic carbocycles. The van der Waals surface area contributed by atoms with Gasteiger partial charge in [-0.1, -0.05) is 30.2 Å². The molecule has 0 aliphatic heterocycles. The summed E-state index contributed by atoms with van der Waals surface area (Å²) in [7, 11) is 1.16. The molecule has 1 aromatic rings. The summed E-state index contributed by atoms with van der Waals surface area (Å²) >= 11 is 0. The number of esters is 1. The SMILES string of the molecule is C#CN(C(=O)C(CC(N)=O)NC(=O)OC(C)(C)C)C(C(=O)NCC(=O)OC)c1cc(C)ccc1C. The topological polar surface area (TPSA) is 157 Å². The number of hydrogen-bond donors (Lipinski definition) is 3. The molecule has 0 saturated carbocycles. The van der Waals surface area contributed by atoms with Crippen molar-refractivity contribution in [1.82, 2.24) is 15.5 Å². The number of nitrogens with one attached hydrogen (secondary N) is 2. The second kappa shape index (κ2) is 12.4. The van der Waals surface area contributed by atoms with E-state index in [2.05, 4.69) is 21.4 Å². The number of ether oxygens (including phenoxy) is 2. The number of nitrogens with zero attached hydrogens (tertiary/aromatic N) is 1. The van der Waals surface area contributed by atoms with Gasteiger partial charge in [-0.3, -0.25) is 24.1 Å². The van der Waals surface area contributed by atoms with Crippen LogP contribution in [-0.2, 0) is 28.7 Å². The zero-order chi connectivity index (χ0) is 26.9. The number of carbonyl (C=O) groups is 5. The van der Waals surface area contributed by atoms with E-state index in [1.807, 2.05) is 6.07 Å². The lowest BCUT2D eigenvalue weighted by Crippen LogP contribution is -2.53. The summed E-state index contributed by atoms with van der Waals surface area (Å²) in [4.78, 5) is 62.9. The fraction of sp³-hybridized carbons (Fsp3) is 0.458. The minimum Gasteiger partial charge on any atom is -0.468 e. The van der Waals surface area contributed by atoms with Crippen molar-refractivity contribution in [1.29, 1.82) is 0 Å². The van der Waals surface area contributed by atoms with Gasteiger partial charge in [-0.15, -0.1) is 0 Å². The molecule has 0 heterocycles. The van der Waals surface area contributed by atoms with Gasteiger partial charge in [0.15, 0.2) is 0 Å². The zero-order valence-electron chi connectivity index (χ0n) is 20.8. The van der Waals surface area contributed by atoms with E-state index in [-0.39, 0.29) is 0 Å². The summed E-state index contributed by atoms with van der Waals surface area (Å²) in [5.74, 6) is -3.33. The maximum Gasteiger partial charge on any atom is 0.408 e. The predicted molar refractivity (Wildman–Crippen MR) is 126 cm³/mol. The standard InChI is InChI=1S/C24H32N4O7/c1-8-28(22(32)17(12-18(25)29)27-23(33)35-24(4,5)6)20(21(31)26-13-19(30)34-7)16-11-14(2)9-10-15(16)3/h1,9-11,17,20H,12-13H2,2-7H3,(H2,25,29)(H,26,31)(H,27,33). The minimum atomic E-state index is -1.51. The average Bonchev–Trinajstić information content (AvgIpc) is 2.74. The highest BCUT2D eigenvalue weighted by atomic mass is 16.6. The third kappa shape index (κ3) is 9.00. The van der Waals surface area contributed by atoms with E-state index < -0.39 is 60.4 Å². The van der Waals surface area contributed by atoms with E-state index in [0.717, 1.165) is 17.6 Å². The Balaban J connectivity index is 3.46. The smallest absolute Gasteiger partial charge is 0.408 e. The Bertz CT molecular complexity index is 1020.